The van der Waals surface area contributed by atoms with E-state index in [9.17, 15) is 18.0 Å². The fraction of sp³-hybridized carbons (Fsp3) is 0.297. The number of rotatable bonds is 12. The third-order valence-corrected chi connectivity index (χ3v) is 11.3. The average Bonchev–Trinajstić information content (AvgIpc) is 3.58. The van der Waals surface area contributed by atoms with Gasteiger partial charge in [0.2, 0.25) is 11.8 Å². The van der Waals surface area contributed by atoms with Crippen LogP contribution in [-0.2, 0) is 32.6 Å². The van der Waals surface area contributed by atoms with Gasteiger partial charge >= 0.3 is 0 Å². The molecule has 0 unspecified atom stereocenters. The standard InChI is InChI=1S/C37H39Cl2N3O4S/c1-26-12-11-19-34(27(26)2)42(47(45,46)31-17-7-4-8-18-31)25-36(43)41(24-29-20-21-32(38)33(39)22-29)35(23-28-13-5-3-6-14-28)37(44)40-30-15-9-10-16-30/h3-8,11-14,17-22,30,35H,9-10,15-16,23-25H2,1-2H3,(H,40,44)/t35-/m0/s1. The molecule has 0 saturated heterocycles. The largest absolute Gasteiger partial charge is 0.352 e. The summed E-state index contributed by atoms with van der Waals surface area (Å²) in [4.78, 5) is 30.4. The Labute approximate surface area is 287 Å². The molecule has 1 atom stereocenters. The van der Waals surface area contributed by atoms with Gasteiger partial charge in [-0.25, -0.2) is 8.42 Å². The first-order valence-electron chi connectivity index (χ1n) is 15.8. The smallest absolute Gasteiger partial charge is 0.264 e. The van der Waals surface area contributed by atoms with E-state index in [-0.39, 0.29) is 29.8 Å². The molecule has 1 aliphatic rings. The van der Waals surface area contributed by atoms with Crippen molar-refractivity contribution in [2.24, 2.45) is 0 Å². The minimum absolute atomic E-state index is 0.0112. The van der Waals surface area contributed by atoms with E-state index in [4.69, 9.17) is 23.2 Å². The number of benzene rings is 4. The second-order valence-electron chi connectivity index (χ2n) is 12.0. The van der Waals surface area contributed by atoms with Crippen molar-refractivity contribution in [2.45, 2.75) is 69.5 Å². The zero-order chi connectivity index (χ0) is 33.6. The normalized spacial score (nSPS) is 14.0. The first kappa shape index (κ1) is 34.5. The summed E-state index contributed by atoms with van der Waals surface area (Å²) in [6.07, 6.45) is 4.05. The number of hydrogen-bond acceptors (Lipinski definition) is 4. The molecule has 7 nitrogen and oxygen atoms in total. The number of sulfonamides is 1. The van der Waals surface area contributed by atoms with Crippen LogP contribution in [0.1, 0.15) is 47.9 Å². The van der Waals surface area contributed by atoms with E-state index in [0.717, 1.165) is 46.7 Å². The van der Waals surface area contributed by atoms with Gasteiger partial charge in [-0.3, -0.25) is 13.9 Å². The average molecular weight is 693 g/mol. The van der Waals surface area contributed by atoms with Gasteiger partial charge in [-0.15, -0.1) is 0 Å². The van der Waals surface area contributed by atoms with Crippen LogP contribution in [0, 0.1) is 13.8 Å². The number of nitrogens with one attached hydrogen (secondary N) is 1. The number of hydrogen-bond donors (Lipinski definition) is 1. The number of aryl methyl sites for hydroxylation is 1. The summed E-state index contributed by atoms with van der Waals surface area (Å²) in [7, 11) is -4.18. The Balaban J connectivity index is 1.60. The van der Waals surface area contributed by atoms with Crippen molar-refractivity contribution in [3.63, 3.8) is 0 Å². The van der Waals surface area contributed by atoms with Gasteiger partial charge in [0.05, 0.1) is 20.6 Å². The monoisotopic (exact) mass is 691 g/mol. The van der Waals surface area contributed by atoms with Gasteiger partial charge in [0, 0.05) is 19.0 Å². The van der Waals surface area contributed by atoms with Crippen molar-refractivity contribution in [3.05, 3.63) is 129 Å². The molecule has 1 fully saturated rings. The van der Waals surface area contributed by atoms with Gasteiger partial charge in [-0.2, -0.15) is 0 Å². The van der Waals surface area contributed by atoms with Crippen molar-refractivity contribution >= 4 is 50.7 Å². The Hall–Kier alpha value is -3.85. The number of amides is 2. The lowest BCUT2D eigenvalue weighted by molar-refractivity contribution is -0.140. The van der Waals surface area contributed by atoms with E-state index in [0.29, 0.717) is 21.3 Å². The van der Waals surface area contributed by atoms with Crippen molar-refractivity contribution < 1.29 is 18.0 Å². The van der Waals surface area contributed by atoms with Crippen LogP contribution < -0.4 is 9.62 Å². The van der Waals surface area contributed by atoms with E-state index in [1.165, 1.54) is 17.0 Å². The highest BCUT2D eigenvalue weighted by molar-refractivity contribution is 7.92. The second kappa shape index (κ2) is 15.4. The Kier molecular flexibility index (Phi) is 11.3. The molecule has 4 aromatic rings. The molecular formula is C37H39Cl2N3O4S. The molecule has 10 heteroatoms. The zero-order valence-electron chi connectivity index (χ0n) is 26.5. The van der Waals surface area contributed by atoms with Gasteiger partial charge in [-0.1, -0.05) is 103 Å². The number of carbonyl (C=O) groups is 2. The number of nitrogens with zero attached hydrogens (tertiary/aromatic N) is 2. The molecule has 5 rings (SSSR count). The summed E-state index contributed by atoms with van der Waals surface area (Å²) in [6.45, 7) is 3.22. The highest BCUT2D eigenvalue weighted by Crippen LogP contribution is 2.30. The van der Waals surface area contributed by atoms with E-state index < -0.39 is 28.5 Å². The number of carbonyl (C=O) groups excluding carboxylic acids is 2. The summed E-state index contributed by atoms with van der Waals surface area (Å²) < 4.78 is 29.7. The highest BCUT2D eigenvalue weighted by atomic mass is 35.5. The Morgan fingerprint density at radius 3 is 2.15 bits per heavy atom. The summed E-state index contributed by atoms with van der Waals surface area (Å²) in [5, 5.41) is 3.87. The van der Waals surface area contributed by atoms with Gasteiger partial charge in [0.1, 0.15) is 12.6 Å². The Bertz CT molecular complexity index is 1810. The van der Waals surface area contributed by atoms with Crippen LogP contribution in [0.25, 0.3) is 0 Å². The maximum absolute atomic E-state index is 14.7. The maximum atomic E-state index is 14.7. The quantitative estimate of drug-likeness (QED) is 0.167. The molecule has 0 heterocycles. The van der Waals surface area contributed by atoms with Crippen LogP contribution in [-0.4, -0.2) is 43.8 Å². The molecule has 47 heavy (non-hydrogen) atoms. The van der Waals surface area contributed by atoms with Crippen LogP contribution in [0.5, 0.6) is 0 Å². The van der Waals surface area contributed by atoms with Crippen molar-refractivity contribution in [3.8, 4) is 0 Å². The molecule has 0 spiro atoms. The van der Waals surface area contributed by atoms with Gasteiger partial charge < -0.3 is 10.2 Å². The van der Waals surface area contributed by atoms with E-state index in [1.807, 2.05) is 50.2 Å². The van der Waals surface area contributed by atoms with Crippen LogP contribution in [0.15, 0.2) is 102 Å². The summed E-state index contributed by atoms with van der Waals surface area (Å²) in [5.74, 6) is -0.808. The lowest BCUT2D eigenvalue weighted by Gasteiger charge is -2.35. The lowest BCUT2D eigenvalue weighted by Crippen LogP contribution is -2.54. The van der Waals surface area contributed by atoms with Gasteiger partial charge in [-0.05, 0) is 79.3 Å². The summed E-state index contributed by atoms with van der Waals surface area (Å²) >= 11 is 12.6. The second-order valence-corrected chi connectivity index (χ2v) is 14.7. The minimum atomic E-state index is -4.18. The predicted molar refractivity (Wildman–Crippen MR) is 188 cm³/mol. The molecule has 1 N–H and O–H groups in total. The minimum Gasteiger partial charge on any atom is -0.352 e. The van der Waals surface area contributed by atoms with E-state index in [2.05, 4.69) is 5.32 Å². The SMILES string of the molecule is Cc1cccc(N(CC(=O)N(Cc2ccc(Cl)c(Cl)c2)[C@@H](Cc2ccccc2)C(=O)NC2CCCC2)S(=O)(=O)c2ccccc2)c1C. The van der Waals surface area contributed by atoms with Crippen LogP contribution in [0.2, 0.25) is 10.0 Å². The van der Waals surface area contributed by atoms with Crippen LogP contribution in [0.4, 0.5) is 5.69 Å². The summed E-state index contributed by atoms with van der Waals surface area (Å²) in [5.41, 5.74) is 3.54. The van der Waals surface area contributed by atoms with Gasteiger partial charge in [0.25, 0.3) is 10.0 Å². The first-order chi connectivity index (χ1) is 22.5. The van der Waals surface area contributed by atoms with Crippen molar-refractivity contribution in [1.82, 2.24) is 10.2 Å². The zero-order valence-corrected chi connectivity index (χ0v) is 28.9. The molecule has 1 aliphatic carbocycles. The molecule has 0 aromatic heterocycles. The fourth-order valence-corrected chi connectivity index (χ4v) is 7.81. The molecule has 0 aliphatic heterocycles. The molecule has 0 bridgehead atoms. The third-order valence-electron chi connectivity index (χ3n) is 8.76. The Morgan fingerprint density at radius 2 is 1.49 bits per heavy atom. The topological polar surface area (TPSA) is 86.8 Å². The van der Waals surface area contributed by atoms with Crippen LogP contribution in [0.3, 0.4) is 0 Å². The molecule has 1 saturated carbocycles. The number of halogens is 2. The molecule has 2 amide bonds. The highest BCUT2D eigenvalue weighted by Gasteiger charge is 2.36. The third kappa shape index (κ3) is 8.36. The molecule has 246 valence electrons. The Morgan fingerprint density at radius 1 is 0.830 bits per heavy atom. The number of anilines is 1. The van der Waals surface area contributed by atoms with Crippen molar-refractivity contribution in [1.29, 1.82) is 0 Å². The maximum Gasteiger partial charge on any atom is 0.264 e. The summed E-state index contributed by atoms with van der Waals surface area (Å²) in [6, 6.07) is 27.1. The predicted octanol–water partition coefficient (Wildman–Crippen LogP) is 7.50. The lowest BCUT2D eigenvalue weighted by atomic mass is 10.0. The first-order valence-corrected chi connectivity index (χ1v) is 18.0. The van der Waals surface area contributed by atoms with Crippen molar-refractivity contribution in [2.75, 3.05) is 10.8 Å². The van der Waals surface area contributed by atoms with E-state index >= 15 is 0 Å². The van der Waals surface area contributed by atoms with Crippen LogP contribution >= 0.6 is 23.2 Å². The molecule has 4 aromatic carbocycles. The van der Waals surface area contributed by atoms with E-state index in [1.54, 1.807) is 48.5 Å². The molecular weight excluding hydrogens is 653 g/mol. The molecule has 0 radical (unpaired) electrons. The van der Waals surface area contributed by atoms with Gasteiger partial charge in [0.15, 0.2) is 0 Å². The fourth-order valence-electron chi connectivity index (χ4n) is 5.99.